The molecule has 12 heteroatoms. The molecule has 1 aromatic heterocycles. The number of aromatic nitrogens is 1. The van der Waals surface area contributed by atoms with Crippen molar-refractivity contribution in [3.63, 3.8) is 0 Å². The molecule has 1 unspecified atom stereocenters. The first kappa shape index (κ1) is 24.0. The number of hydrogen-bond donors (Lipinski definition) is 0. The molecular weight excluding hydrogens is 470 g/mol. The number of carbonyl (C=O) groups is 1. The lowest BCUT2D eigenvalue weighted by Crippen LogP contribution is -2.42. The van der Waals surface area contributed by atoms with Crippen LogP contribution in [0.3, 0.4) is 0 Å². The number of carbonyl (C=O) groups excluding carboxylic acids is 1. The van der Waals surface area contributed by atoms with Gasteiger partial charge in [0.2, 0.25) is 15.9 Å². The van der Waals surface area contributed by atoms with Gasteiger partial charge in [-0.15, -0.1) is 0 Å². The number of sulfonamides is 1. The van der Waals surface area contributed by atoms with Crippen LogP contribution in [0.4, 0.5) is 0 Å². The lowest BCUT2D eigenvalue weighted by molar-refractivity contribution is -0.133. The number of rotatable bonds is 8. The molecule has 1 amide bonds. The molecule has 1 aromatic carbocycles. The molecule has 0 aliphatic carbocycles. The third-order valence-electron chi connectivity index (χ3n) is 6.33. The second-order valence-electron chi connectivity index (χ2n) is 8.65. The maximum atomic E-state index is 12.9. The largest absolute Gasteiger partial charge is 0.419 e. The topological polar surface area (TPSA) is 127 Å². The summed E-state index contributed by atoms with van der Waals surface area (Å²) in [6, 6.07) is 4.01. The van der Waals surface area contributed by atoms with Gasteiger partial charge in [0.05, 0.1) is 21.9 Å². The van der Waals surface area contributed by atoms with Gasteiger partial charge in [-0.3, -0.25) is 9.36 Å². The molecule has 4 rings (SSSR count). The Bertz CT molecular complexity index is 1310. The molecule has 2 aliphatic heterocycles. The van der Waals surface area contributed by atoms with Gasteiger partial charge in [-0.25, -0.2) is 21.6 Å². The van der Waals surface area contributed by atoms with Crippen molar-refractivity contribution in [2.75, 3.05) is 31.1 Å². The smallest absolute Gasteiger partial charge is 0.408 e. The van der Waals surface area contributed by atoms with Crippen LogP contribution in [0.5, 0.6) is 0 Å². The fraction of sp³-hybridized carbons (Fsp3) is 0.619. The van der Waals surface area contributed by atoms with E-state index in [0.29, 0.717) is 38.0 Å². The lowest BCUT2D eigenvalue weighted by atomic mass is 10.2. The van der Waals surface area contributed by atoms with Crippen LogP contribution in [0.1, 0.15) is 39.0 Å². The molecular formula is C21H29N3O7S2. The molecule has 33 heavy (non-hydrogen) atoms. The van der Waals surface area contributed by atoms with Crippen LogP contribution in [0.25, 0.3) is 11.1 Å². The number of benzene rings is 1. The number of fused-ring (bicyclic) bond motifs is 1. The zero-order chi connectivity index (χ0) is 23.8. The predicted molar refractivity (Wildman–Crippen MR) is 122 cm³/mol. The minimum Gasteiger partial charge on any atom is -0.408 e. The molecule has 2 aliphatic rings. The van der Waals surface area contributed by atoms with Crippen LogP contribution < -0.4 is 5.76 Å². The van der Waals surface area contributed by atoms with E-state index in [1.807, 2.05) is 6.92 Å². The molecule has 0 radical (unpaired) electrons. The van der Waals surface area contributed by atoms with Crippen LogP contribution in [-0.4, -0.2) is 73.7 Å². The van der Waals surface area contributed by atoms with Crippen molar-refractivity contribution in [3.05, 3.63) is 28.7 Å². The van der Waals surface area contributed by atoms with E-state index in [9.17, 15) is 26.4 Å². The summed E-state index contributed by atoms with van der Waals surface area (Å²) in [4.78, 5) is 27.0. The fourth-order valence-corrected chi connectivity index (χ4v) is 7.88. The van der Waals surface area contributed by atoms with Gasteiger partial charge in [0.1, 0.15) is 0 Å². The molecule has 0 bridgehead atoms. The van der Waals surface area contributed by atoms with E-state index in [2.05, 4.69) is 0 Å². The summed E-state index contributed by atoms with van der Waals surface area (Å²) in [7, 11) is -6.77. The van der Waals surface area contributed by atoms with Gasteiger partial charge in [-0.2, -0.15) is 4.31 Å². The Labute approximate surface area is 193 Å². The Morgan fingerprint density at radius 2 is 1.97 bits per heavy atom. The average molecular weight is 500 g/mol. The predicted octanol–water partition coefficient (Wildman–Crippen LogP) is 1.19. The Balaban J connectivity index is 1.52. The second-order valence-corrected chi connectivity index (χ2v) is 12.8. The summed E-state index contributed by atoms with van der Waals surface area (Å²) in [5, 5.41) is 0. The van der Waals surface area contributed by atoms with Gasteiger partial charge in [0.15, 0.2) is 15.4 Å². The molecule has 2 fully saturated rings. The van der Waals surface area contributed by atoms with Crippen molar-refractivity contribution in [2.45, 2.75) is 56.5 Å². The van der Waals surface area contributed by atoms with Crippen molar-refractivity contribution in [1.82, 2.24) is 13.8 Å². The van der Waals surface area contributed by atoms with Crippen LogP contribution in [0.2, 0.25) is 0 Å². The van der Waals surface area contributed by atoms with Crippen molar-refractivity contribution >= 4 is 36.9 Å². The minimum atomic E-state index is -3.64. The van der Waals surface area contributed by atoms with Crippen molar-refractivity contribution < 1.29 is 26.0 Å². The fourth-order valence-electron chi connectivity index (χ4n) is 4.62. The Hall–Kier alpha value is -2.18. The standard InChI is InChI=1S/C21H29N3O7S2/c1-2-9-23(16-8-13-32(27,28)15-16)20(25)7-12-24-18-6-5-17(14-19(18)31-21(24)26)33(29,30)22-10-3-4-11-22/h5-6,14,16H,2-4,7-13,15H2,1H3. The third-order valence-corrected chi connectivity index (χ3v) is 9.97. The van der Waals surface area contributed by atoms with Crippen LogP contribution >= 0.6 is 0 Å². The molecule has 2 aromatic rings. The van der Waals surface area contributed by atoms with E-state index < -0.39 is 25.6 Å². The number of hydrogen-bond acceptors (Lipinski definition) is 7. The maximum absolute atomic E-state index is 12.9. The van der Waals surface area contributed by atoms with Gasteiger partial charge in [-0.05, 0) is 37.8 Å². The Morgan fingerprint density at radius 1 is 1.24 bits per heavy atom. The number of nitrogens with zero attached hydrogens (tertiary/aromatic N) is 3. The van der Waals surface area contributed by atoms with Crippen molar-refractivity contribution in [1.29, 1.82) is 0 Å². The third kappa shape index (κ3) is 4.87. The van der Waals surface area contributed by atoms with Gasteiger partial charge in [-0.1, -0.05) is 6.92 Å². The number of oxazole rings is 1. The highest BCUT2D eigenvalue weighted by Crippen LogP contribution is 2.25. The molecule has 3 heterocycles. The summed E-state index contributed by atoms with van der Waals surface area (Å²) in [6.07, 6.45) is 2.78. The number of amides is 1. The normalized spacial score (nSPS) is 21.1. The first-order chi connectivity index (χ1) is 15.6. The molecule has 2 saturated heterocycles. The first-order valence-electron chi connectivity index (χ1n) is 11.3. The van der Waals surface area contributed by atoms with Gasteiger partial charge < -0.3 is 9.32 Å². The summed E-state index contributed by atoms with van der Waals surface area (Å²) < 4.78 is 57.3. The van der Waals surface area contributed by atoms with E-state index in [0.717, 1.165) is 12.8 Å². The average Bonchev–Trinajstić information content (AvgIpc) is 3.48. The minimum absolute atomic E-state index is 0.0128. The van der Waals surface area contributed by atoms with E-state index in [-0.39, 0.29) is 46.9 Å². The van der Waals surface area contributed by atoms with E-state index in [1.165, 1.54) is 27.1 Å². The molecule has 0 saturated carbocycles. The van der Waals surface area contributed by atoms with Crippen LogP contribution in [0.15, 0.2) is 32.3 Å². The van der Waals surface area contributed by atoms with Crippen molar-refractivity contribution in [3.8, 4) is 0 Å². The van der Waals surface area contributed by atoms with E-state index in [4.69, 9.17) is 4.42 Å². The highest BCUT2D eigenvalue weighted by Gasteiger charge is 2.34. The van der Waals surface area contributed by atoms with Gasteiger partial charge >= 0.3 is 5.76 Å². The summed E-state index contributed by atoms with van der Waals surface area (Å²) in [5.41, 5.74) is 0.568. The molecule has 0 N–H and O–H groups in total. The van der Waals surface area contributed by atoms with Gasteiger partial charge in [0, 0.05) is 44.7 Å². The SMILES string of the molecule is CCCN(C(=O)CCn1c(=O)oc2cc(S(=O)(=O)N3CCCC3)ccc21)C1CCS(=O)(=O)C1. The van der Waals surface area contributed by atoms with E-state index >= 15 is 0 Å². The number of sulfone groups is 1. The summed E-state index contributed by atoms with van der Waals surface area (Å²) >= 11 is 0. The summed E-state index contributed by atoms with van der Waals surface area (Å²) in [5.74, 6) is -0.825. The molecule has 182 valence electrons. The molecule has 10 nitrogen and oxygen atoms in total. The Morgan fingerprint density at radius 3 is 2.61 bits per heavy atom. The zero-order valence-corrected chi connectivity index (χ0v) is 20.2. The molecule has 1 atom stereocenters. The summed E-state index contributed by atoms with van der Waals surface area (Å²) in [6.45, 7) is 3.39. The van der Waals surface area contributed by atoms with Gasteiger partial charge in [0.25, 0.3) is 0 Å². The van der Waals surface area contributed by atoms with E-state index in [1.54, 1.807) is 4.90 Å². The zero-order valence-electron chi connectivity index (χ0n) is 18.6. The first-order valence-corrected chi connectivity index (χ1v) is 14.5. The highest BCUT2D eigenvalue weighted by molar-refractivity contribution is 7.91. The second kappa shape index (κ2) is 9.22. The molecule has 0 spiro atoms. The maximum Gasteiger partial charge on any atom is 0.419 e. The Kier molecular flexibility index (Phi) is 6.70. The number of aryl methyl sites for hydroxylation is 1. The van der Waals surface area contributed by atoms with Crippen LogP contribution in [0, 0.1) is 0 Å². The van der Waals surface area contributed by atoms with Crippen molar-refractivity contribution in [2.24, 2.45) is 0 Å². The quantitative estimate of drug-likeness (QED) is 0.534. The van der Waals surface area contributed by atoms with Crippen LogP contribution in [-0.2, 0) is 31.2 Å². The monoisotopic (exact) mass is 499 g/mol. The highest BCUT2D eigenvalue weighted by atomic mass is 32.2. The lowest BCUT2D eigenvalue weighted by Gasteiger charge is -2.28.